The molecule has 2 aromatic carbocycles. The van der Waals surface area contributed by atoms with Gasteiger partial charge in [-0.25, -0.2) is 0 Å². The van der Waals surface area contributed by atoms with E-state index in [0.717, 1.165) is 60.7 Å². The van der Waals surface area contributed by atoms with Gasteiger partial charge in [-0.2, -0.15) is 0 Å². The zero-order chi connectivity index (χ0) is 26.5. The first-order valence-electron chi connectivity index (χ1n) is 13.0. The molecule has 0 saturated heterocycles. The van der Waals surface area contributed by atoms with Gasteiger partial charge in [0, 0.05) is 18.0 Å². The minimum Gasteiger partial charge on any atom is -0.541 e. The fourth-order valence-corrected chi connectivity index (χ4v) is 5.63. The average molecular weight is 516 g/mol. The Bertz CT molecular complexity index is 1030. The van der Waals surface area contributed by atoms with E-state index in [9.17, 15) is 0 Å². The number of hydrogen-bond acceptors (Lipinski definition) is 6. The standard InChI is InChI=1S/C29H45NO5Si/c1-29(2,3)36(8,9)35-24-17-20(14-15-23(24)31-4)22-19-30-16-12-10-11-13-21-18-25(32-5)27(33-6)28(34-7)26(21)22/h14-15,17-18,22,30H,10-13,16,19H2,1-9H3. The SMILES string of the molecule is COc1ccc(C2CNCCCCCc3cc(OC)c(OC)c(OC)c32)cc1O[Si](C)(C)C(C)(C)C. The van der Waals surface area contributed by atoms with Gasteiger partial charge in [-0.15, -0.1) is 0 Å². The lowest BCUT2D eigenvalue weighted by Gasteiger charge is -2.37. The molecule has 200 valence electrons. The topological polar surface area (TPSA) is 58.2 Å². The lowest BCUT2D eigenvalue weighted by Crippen LogP contribution is -2.44. The Hall–Kier alpha value is -2.38. The molecule has 1 unspecified atom stereocenters. The van der Waals surface area contributed by atoms with Gasteiger partial charge in [-0.05, 0) is 73.3 Å². The third-order valence-corrected chi connectivity index (χ3v) is 12.1. The average Bonchev–Trinajstić information content (AvgIpc) is 2.84. The highest BCUT2D eigenvalue weighted by atomic mass is 28.4. The van der Waals surface area contributed by atoms with Gasteiger partial charge in [-0.1, -0.05) is 33.3 Å². The molecule has 1 atom stereocenters. The summed E-state index contributed by atoms with van der Waals surface area (Å²) >= 11 is 0. The van der Waals surface area contributed by atoms with E-state index in [-0.39, 0.29) is 11.0 Å². The number of rotatable bonds is 7. The monoisotopic (exact) mass is 515 g/mol. The Morgan fingerprint density at radius 3 is 2.11 bits per heavy atom. The van der Waals surface area contributed by atoms with Gasteiger partial charge in [0.05, 0.1) is 28.4 Å². The second kappa shape index (κ2) is 11.8. The lowest BCUT2D eigenvalue weighted by molar-refractivity contribution is 0.320. The summed E-state index contributed by atoms with van der Waals surface area (Å²) in [5.74, 6) is 3.68. The van der Waals surface area contributed by atoms with Crippen LogP contribution in [0, 0.1) is 0 Å². The van der Waals surface area contributed by atoms with Crippen LogP contribution < -0.4 is 28.7 Å². The number of hydrogen-bond donors (Lipinski definition) is 1. The number of ether oxygens (including phenoxy) is 4. The highest BCUT2D eigenvalue weighted by Crippen LogP contribution is 2.48. The number of benzene rings is 2. The van der Waals surface area contributed by atoms with Crippen molar-refractivity contribution in [3.8, 4) is 28.7 Å². The molecule has 1 heterocycles. The fourth-order valence-electron chi connectivity index (χ4n) is 4.61. The van der Waals surface area contributed by atoms with Gasteiger partial charge in [0.2, 0.25) is 5.75 Å². The van der Waals surface area contributed by atoms with Crippen molar-refractivity contribution in [2.45, 2.75) is 70.5 Å². The second-order valence-electron chi connectivity index (χ2n) is 11.1. The van der Waals surface area contributed by atoms with Crippen molar-refractivity contribution in [2.24, 2.45) is 0 Å². The molecule has 2 aromatic rings. The first-order valence-corrected chi connectivity index (χ1v) is 15.9. The van der Waals surface area contributed by atoms with E-state index >= 15 is 0 Å². The molecule has 0 bridgehead atoms. The van der Waals surface area contributed by atoms with E-state index in [4.69, 9.17) is 23.4 Å². The summed E-state index contributed by atoms with van der Waals surface area (Å²) < 4.78 is 30.0. The highest BCUT2D eigenvalue weighted by Gasteiger charge is 2.40. The number of nitrogens with one attached hydrogen (secondary N) is 1. The predicted molar refractivity (Wildman–Crippen MR) is 149 cm³/mol. The lowest BCUT2D eigenvalue weighted by atomic mass is 9.84. The Labute approximate surface area is 218 Å². The minimum atomic E-state index is -2.07. The fraction of sp³-hybridized carbons (Fsp3) is 0.586. The van der Waals surface area contributed by atoms with Crippen LogP contribution in [0.15, 0.2) is 24.3 Å². The van der Waals surface area contributed by atoms with Crippen molar-refractivity contribution >= 4 is 8.32 Å². The van der Waals surface area contributed by atoms with E-state index in [1.807, 2.05) is 6.07 Å². The largest absolute Gasteiger partial charge is 0.541 e. The van der Waals surface area contributed by atoms with E-state index in [1.165, 1.54) is 12.0 Å². The molecule has 7 heteroatoms. The van der Waals surface area contributed by atoms with Gasteiger partial charge in [-0.3, -0.25) is 0 Å². The first kappa shape index (κ1) is 28.2. The normalized spacial score (nSPS) is 17.1. The maximum absolute atomic E-state index is 6.76. The first-order chi connectivity index (χ1) is 17.1. The van der Waals surface area contributed by atoms with Crippen LogP contribution in [-0.4, -0.2) is 49.8 Å². The van der Waals surface area contributed by atoms with Crippen molar-refractivity contribution in [3.63, 3.8) is 0 Å². The van der Waals surface area contributed by atoms with E-state index in [1.54, 1.807) is 28.4 Å². The molecule has 1 aliphatic heterocycles. The number of fused-ring (bicyclic) bond motifs is 1. The van der Waals surface area contributed by atoms with Gasteiger partial charge in [0.25, 0.3) is 8.32 Å². The van der Waals surface area contributed by atoms with Crippen LogP contribution in [0.4, 0.5) is 0 Å². The molecule has 0 radical (unpaired) electrons. The van der Waals surface area contributed by atoms with Gasteiger partial charge in [0.1, 0.15) is 5.75 Å². The summed E-state index contributed by atoms with van der Waals surface area (Å²) in [5, 5.41) is 3.77. The quantitative estimate of drug-likeness (QED) is 0.422. The molecule has 0 saturated carbocycles. The molecule has 0 aromatic heterocycles. The van der Waals surface area contributed by atoms with Crippen molar-refractivity contribution in [1.29, 1.82) is 0 Å². The van der Waals surface area contributed by atoms with Gasteiger partial charge < -0.3 is 28.7 Å². The molecule has 0 aliphatic carbocycles. The second-order valence-corrected chi connectivity index (χ2v) is 15.8. The highest BCUT2D eigenvalue weighted by molar-refractivity contribution is 6.74. The summed E-state index contributed by atoms with van der Waals surface area (Å²) in [6.07, 6.45) is 4.42. The third kappa shape index (κ3) is 5.94. The molecular weight excluding hydrogens is 470 g/mol. The van der Waals surface area contributed by atoms with E-state index in [2.05, 4.69) is 57.4 Å². The summed E-state index contributed by atoms with van der Waals surface area (Å²) in [6.45, 7) is 13.1. The van der Waals surface area contributed by atoms with Crippen LogP contribution >= 0.6 is 0 Å². The predicted octanol–water partition coefficient (Wildman–Crippen LogP) is 6.55. The Kier molecular flexibility index (Phi) is 9.22. The number of methoxy groups -OCH3 is 4. The van der Waals surface area contributed by atoms with Crippen LogP contribution in [0.2, 0.25) is 18.1 Å². The summed E-state index contributed by atoms with van der Waals surface area (Å²) in [4.78, 5) is 0. The van der Waals surface area contributed by atoms with Crippen molar-refractivity contribution in [3.05, 3.63) is 41.0 Å². The molecule has 36 heavy (non-hydrogen) atoms. The molecular formula is C29H45NO5Si. The molecule has 0 fully saturated rings. The summed E-state index contributed by atoms with van der Waals surface area (Å²) in [5.41, 5.74) is 3.54. The smallest absolute Gasteiger partial charge is 0.250 e. The van der Waals surface area contributed by atoms with Crippen LogP contribution in [0.1, 0.15) is 62.6 Å². The maximum Gasteiger partial charge on any atom is 0.250 e. The molecule has 0 spiro atoms. The van der Waals surface area contributed by atoms with Crippen molar-refractivity contribution in [1.82, 2.24) is 5.32 Å². The molecule has 3 rings (SSSR count). The van der Waals surface area contributed by atoms with Crippen molar-refractivity contribution < 1.29 is 23.4 Å². The molecule has 1 N–H and O–H groups in total. The summed E-state index contributed by atoms with van der Waals surface area (Å²) in [6, 6.07) is 8.47. The van der Waals surface area contributed by atoms with Gasteiger partial charge in [0.15, 0.2) is 17.2 Å². The molecule has 1 aliphatic rings. The van der Waals surface area contributed by atoms with E-state index in [0.29, 0.717) is 11.5 Å². The maximum atomic E-state index is 6.76. The van der Waals surface area contributed by atoms with E-state index < -0.39 is 8.32 Å². The van der Waals surface area contributed by atoms with Crippen molar-refractivity contribution in [2.75, 3.05) is 41.5 Å². The molecule has 6 nitrogen and oxygen atoms in total. The van der Waals surface area contributed by atoms with Gasteiger partial charge >= 0.3 is 0 Å². The summed E-state index contributed by atoms with van der Waals surface area (Å²) in [7, 11) is 4.68. The Balaban J connectivity index is 2.22. The minimum absolute atomic E-state index is 0.0422. The zero-order valence-electron chi connectivity index (χ0n) is 23.7. The van der Waals surface area contributed by atoms with Crippen LogP contribution in [-0.2, 0) is 6.42 Å². The Morgan fingerprint density at radius 2 is 1.50 bits per heavy atom. The van der Waals surface area contributed by atoms with Crippen LogP contribution in [0.25, 0.3) is 0 Å². The van der Waals surface area contributed by atoms with Crippen LogP contribution in [0.3, 0.4) is 0 Å². The third-order valence-electron chi connectivity index (χ3n) is 7.71. The van der Waals surface area contributed by atoms with Crippen LogP contribution in [0.5, 0.6) is 28.7 Å². The number of aryl methyl sites for hydroxylation is 1. The molecule has 0 amide bonds. The zero-order valence-corrected chi connectivity index (χ0v) is 24.7. The Morgan fingerprint density at radius 1 is 0.806 bits per heavy atom.